The lowest BCUT2D eigenvalue weighted by Crippen LogP contribution is -2.35. The van der Waals surface area contributed by atoms with Crippen molar-refractivity contribution in [3.05, 3.63) is 28.7 Å². The van der Waals surface area contributed by atoms with Gasteiger partial charge in [0.25, 0.3) is 0 Å². The maximum atomic E-state index is 11.4. The molecule has 5 heteroatoms. The van der Waals surface area contributed by atoms with E-state index >= 15 is 0 Å². The molecule has 0 aromatic heterocycles. The van der Waals surface area contributed by atoms with E-state index in [0.29, 0.717) is 12.5 Å². The van der Waals surface area contributed by atoms with E-state index in [0.717, 1.165) is 29.7 Å². The van der Waals surface area contributed by atoms with Crippen molar-refractivity contribution in [1.82, 2.24) is 4.90 Å². The van der Waals surface area contributed by atoms with Gasteiger partial charge in [-0.1, -0.05) is 12.1 Å². The van der Waals surface area contributed by atoms with Crippen LogP contribution in [0.15, 0.2) is 28.7 Å². The summed E-state index contributed by atoms with van der Waals surface area (Å²) >= 11 is 3.41. The van der Waals surface area contributed by atoms with E-state index in [1.165, 1.54) is 4.90 Å². The number of anilines is 1. The number of carbonyl (C=O) groups is 1. The SMILES string of the molecule is CN1CC[C@H](CN(C(=O)O)c2ccccc2Br)C1. The van der Waals surface area contributed by atoms with Crippen LogP contribution in [0.1, 0.15) is 6.42 Å². The molecule has 1 aromatic carbocycles. The van der Waals surface area contributed by atoms with Crippen molar-refractivity contribution in [2.75, 3.05) is 31.6 Å². The molecule has 18 heavy (non-hydrogen) atoms. The quantitative estimate of drug-likeness (QED) is 0.933. The minimum Gasteiger partial charge on any atom is -0.465 e. The Bertz CT molecular complexity index is 439. The number of amides is 1. The molecule has 1 aliphatic rings. The average Bonchev–Trinajstić information content (AvgIpc) is 2.73. The molecule has 0 bridgehead atoms. The van der Waals surface area contributed by atoms with Gasteiger partial charge in [0.2, 0.25) is 0 Å². The van der Waals surface area contributed by atoms with Gasteiger partial charge in [-0.2, -0.15) is 0 Å². The highest BCUT2D eigenvalue weighted by Crippen LogP contribution is 2.28. The van der Waals surface area contributed by atoms with Crippen molar-refractivity contribution in [3.63, 3.8) is 0 Å². The van der Waals surface area contributed by atoms with Gasteiger partial charge in [-0.3, -0.25) is 4.90 Å². The van der Waals surface area contributed by atoms with Crippen LogP contribution in [0.25, 0.3) is 0 Å². The van der Waals surface area contributed by atoms with Gasteiger partial charge in [-0.25, -0.2) is 4.79 Å². The van der Waals surface area contributed by atoms with Crippen molar-refractivity contribution in [1.29, 1.82) is 0 Å². The van der Waals surface area contributed by atoms with Crippen molar-refractivity contribution in [3.8, 4) is 0 Å². The van der Waals surface area contributed by atoms with Crippen LogP contribution in [0, 0.1) is 5.92 Å². The number of para-hydroxylation sites is 1. The van der Waals surface area contributed by atoms with Gasteiger partial charge in [0.15, 0.2) is 0 Å². The summed E-state index contributed by atoms with van der Waals surface area (Å²) in [7, 11) is 2.07. The number of rotatable bonds is 3. The second kappa shape index (κ2) is 5.71. The van der Waals surface area contributed by atoms with Crippen LogP contribution in [0.3, 0.4) is 0 Å². The summed E-state index contributed by atoms with van der Waals surface area (Å²) in [6.07, 6.45) is 0.168. The van der Waals surface area contributed by atoms with Gasteiger partial charge in [0.05, 0.1) is 5.69 Å². The minimum absolute atomic E-state index is 0.415. The standard InChI is InChI=1S/C13H17BrN2O2/c1-15-7-6-10(8-15)9-16(13(17)18)12-5-3-2-4-11(12)14/h2-5,10H,6-9H2,1H3,(H,17,18)/t10-/m0/s1. The van der Waals surface area contributed by atoms with Crippen molar-refractivity contribution < 1.29 is 9.90 Å². The Balaban J connectivity index is 2.14. The van der Waals surface area contributed by atoms with Gasteiger partial charge in [-0.15, -0.1) is 0 Å². The van der Waals surface area contributed by atoms with Crippen LogP contribution in [0.4, 0.5) is 10.5 Å². The zero-order valence-electron chi connectivity index (χ0n) is 10.3. The molecule has 1 fully saturated rings. The molecular formula is C13H17BrN2O2. The molecule has 0 aliphatic carbocycles. The molecular weight excluding hydrogens is 296 g/mol. The predicted molar refractivity (Wildman–Crippen MR) is 75.1 cm³/mol. The number of nitrogens with zero attached hydrogens (tertiary/aromatic N) is 2. The van der Waals surface area contributed by atoms with Gasteiger partial charge in [0, 0.05) is 17.6 Å². The molecule has 0 radical (unpaired) electrons. The van der Waals surface area contributed by atoms with E-state index in [-0.39, 0.29) is 0 Å². The summed E-state index contributed by atoms with van der Waals surface area (Å²) in [6.45, 7) is 2.57. The molecule has 1 heterocycles. The molecule has 2 rings (SSSR count). The molecule has 1 amide bonds. The van der Waals surface area contributed by atoms with Crippen LogP contribution in [-0.2, 0) is 0 Å². The summed E-state index contributed by atoms with van der Waals surface area (Å²) in [5.41, 5.74) is 0.722. The first-order valence-corrected chi connectivity index (χ1v) is 6.80. The van der Waals surface area contributed by atoms with E-state index in [1.807, 2.05) is 24.3 Å². The highest BCUT2D eigenvalue weighted by atomic mass is 79.9. The molecule has 98 valence electrons. The third-order valence-corrected chi connectivity index (χ3v) is 3.97. The number of hydrogen-bond acceptors (Lipinski definition) is 2. The zero-order valence-corrected chi connectivity index (χ0v) is 11.9. The molecule has 1 N–H and O–H groups in total. The van der Waals surface area contributed by atoms with E-state index in [9.17, 15) is 9.90 Å². The lowest BCUT2D eigenvalue weighted by Gasteiger charge is -2.23. The smallest absolute Gasteiger partial charge is 0.411 e. The van der Waals surface area contributed by atoms with Crippen LogP contribution in [0.2, 0.25) is 0 Å². The maximum absolute atomic E-state index is 11.4. The van der Waals surface area contributed by atoms with Crippen LogP contribution >= 0.6 is 15.9 Å². The Hall–Kier alpha value is -1.07. The predicted octanol–water partition coefficient (Wildman–Crippen LogP) is 2.89. The fourth-order valence-corrected chi connectivity index (χ4v) is 2.88. The first-order chi connectivity index (χ1) is 8.58. The number of likely N-dealkylation sites (tertiary alicyclic amines) is 1. The largest absolute Gasteiger partial charge is 0.465 e. The fraction of sp³-hybridized carbons (Fsp3) is 0.462. The summed E-state index contributed by atoms with van der Waals surface area (Å²) in [6, 6.07) is 7.44. The monoisotopic (exact) mass is 312 g/mol. The third kappa shape index (κ3) is 3.03. The number of hydrogen-bond donors (Lipinski definition) is 1. The Labute approximate surface area is 115 Å². The first-order valence-electron chi connectivity index (χ1n) is 6.01. The molecule has 4 nitrogen and oxygen atoms in total. The van der Waals surface area contributed by atoms with Crippen LogP contribution in [0.5, 0.6) is 0 Å². The Morgan fingerprint density at radius 1 is 1.56 bits per heavy atom. The van der Waals surface area contributed by atoms with E-state index in [4.69, 9.17) is 0 Å². The Kier molecular flexibility index (Phi) is 4.24. The fourth-order valence-electron chi connectivity index (χ4n) is 2.38. The van der Waals surface area contributed by atoms with Crippen molar-refractivity contribution >= 4 is 27.7 Å². The van der Waals surface area contributed by atoms with Gasteiger partial charge >= 0.3 is 6.09 Å². The number of halogens is 1. The topological polar surface area (TPSA) is 43.8 Å². The Morgan fingerprint density at radius 2 is 2.28 bits per heavy atom. The lowest BCUT2D eigenvalue weighted by atomic mass is 10.1. The lowest BCUT2D eigenvalue weighted by molar-refractivity contribution is 0.200. The van der Waals surface area contributed by atoms with Crippen LogP contribution in [-0.4, -0.2) is 42.8 Å². The molecule has 0 unspecified atom stereocenters. The molecule has 1 atom stereocenters. The second-order valence-corrected chi connectivity index (χ2v) is 5.62. The normalized spacial score (nSPS) is 20.0. The minimum atomic E-state index is -0.892. The molecule has 1 aliphatic heterocycles. The van der Waals surface area contributed by atoms with Gasteiger partial charge < -0.3 is 10.0 Å². The first kappa shape index (κ1) is 13.4. The second-order valence-electron chi connectivity index (χ2n) is 4.76. The summed E-state index contributed by atoms with van der Waals surface area (Å²) < 4.78 is 0.818. The van der Waals surface area contributed by atoms with Gasteiger partial charge in [-0.05, 0) is 54.0 Å². The van der Waals surface area contributed by atoms with E-state index < -0.39 is 6.09 Å². The van der Waals surface area contributed by atoms with Crippen molar-refractivity contribution in [2.45, 2.75) is 6.42 Å². The third-order valence-electron chi connectivity index (χ3n) is 3.30. The number of carboxylic acid groups (broad SMARTS) is 1. The highest BCUT2D eigenvalue weighted by molar-refractivity contribution is 9.10. The molecule has 1 aromatic rings. The average molecular weight is 313 g/mol. The van der Waals surface area contributed by atoms with Gasteiger partial charge in [0.1, 0.15) is 0 Å². The van der Waals surface area contributed by atoms with E-state index in [2.05, 4.69) is 27.9 Å². The molecule has 0 spiro atoms. The molecule has 1 saturated heterocycles. The van der Waals surface area contributed by atoms with Crippen molar-refractivity contribution in [2.24, 2.45) is 5.92 Å². The summed E-state index contributed by atoms with van der Waals surface area (Å²) in [5, 5.41) is 9.37. The number of benzene rings is 1. The highest BCUT2D eigenvalue weighted by Gasteiger charge is 2.25. The zero-order chi connectivity index (χ0) is 13.1. The maximum Gasteiger partial charge on any atom is 0.411 e. The summed E-state index contributed by atoms with van der Waals surface area (Å²) in [5.74, 6) is 0.415. The summed E-state index contributed by atoms with van der Waals surface area (Å²) in [4.78, 5) is 15.1. The molecule has 0 saturated carbocycles. The Morgan fingerprint density at radius 3 is 2.83 bits per heavy atom. The van der Waals surface area contributed by atoms with E-state index in [1.54, 1.807) is 0 Å². The van der Waals surface area contributed by atoms with Crippen LogP contribution < -0.4 is 4.90 Å².